The highest BCUT2D eigenvalue weighted by atomic mass is 35.5. The lowest BCUT2D eigenvalue weighted by atomic mass is 10.1. The number of aromatic nitrogens is 1. The second kappa shape index (κ2) is 7.38. The van der Waals surface area contributed by atoms with Crippen LogP contribution in [-0.2, 0) is 0 Å². The number of carbonyl (C=O) groups excluding carboxylic acids is 1. The molecule has 0 aliphatic carbocycles. The fourth-order valence-corrected chi connectivity index (χ4v) is 2.26. The summed E-state index contributed by atoms with van der Waals surface area (Å²) >= 11 is 5.73. The largest absolute Gasteiger partial charge is 0.387 e. The Bertz CT molecular complexity index is 626. The summed E-state index contributed by atoms with van der Waals surface area (Å²) in [6.07, 6.45) is 0.732. The van der Waals surface area contributed by atoms with Crippen molar-refractivity contribution in [2.45, 2.75) is 20.0 Å². The first kappa shape index (κ1) is 16.5. The molecule has 116 valence electrons. The van der Waals surface area contributed by atoms with Crippen molar-refractivity contribution in [1.82, 2.24) is 9.88 Å². The predicted molar refractivity (Wildman–Crippen MR) is 87.0 cm³/mol. The molecule has 0 saturated heterocycles. The monoisotopic (exact) mass is 318 g/mol. The molecule has 1 N–H and O–H groups in total. The van der Waals surface area contributed by atoms with Crippen LogP contribution in [0.15, 0.2) is 42.6 Å². The second-order valence-electron chi connectivity index (χ2n) is 5.14. The van der Waals surface area contributed by atoms with Gasteiger partial charge < -0.3 is 10.0 Å². The minimum Gasteiger partial charge on any atom is -0.387 e. The van der Waals surface area contributed by atoms with E-state index >= 15 is 0 Å². The Labute approximate surface area is 135 Å². The van der Waals surface area contributed by atoms with Gasteiger partial charge in [-0.1, -0.05) is 41.4 Å². The molecule has 4 nitrogen and oxygen atoms in total. The molecule has 0 radical (unpaired) electrons. The summed E-state index contributed by atoms with van der Waals surface area (Å²) in [6.45, 7) is 4.61. The smallest absolute Gasteiger partial charge is 0.255 e. The molecule has 22 heavy (non-hydrogen) atoms. The summed E-state index contributed by atoms with van der Waals surface area (Å²) in [5, 5.41) is 10.7. The lowest BCUT2D eigenvalue weighted by Crippen LogP contribution is -2.34. The van der Waals surface area contributed by atoms with Crippen molar-refractivity contribution in [2.75, 3.05) is 13.1 Å². The predicted octanol–water partition coefficient (Wildman–Crippen LogP) is 3.24. The van der Waals surface area contributed by atoms with E-state index in [0.717, 1.165) is 11.1 Å². The first-order chi connectivity index (χ1) is 10.5. The van der Waals surface area contributed by atoms with Gasteiger partial charge in [-0.3, -0.25) is 4.79 Å². The summed E-state index contributed by atoms with van der Waals surface area (Å²) in [5.41, 5.74) is 2.39. The van der Waals surface area contributed by atoms with E-state index < -0.39 is 6.10 Å². The van der Waals surface area contributed by atoms with Crippen LogP contribution in [0.3, 0.4) is 0 Å². The molecule has 0 spiro atoms. The topological polar surface area (TPSA) is 53.4 Å². The molecule has 1 amide bonds. The minimum atomic E-state index is -0.718. The summed E-state index contributed by atoms with van der Waals surface area (Å²) < 4.78 is 0. The summed E-state index contributed by atoms with van der Waals surface area (Å²) in [6, 6.07) is 10.9. The average Bonchev–Trinajstić information content (AvgIpc) is 2.53. The molecule has 1 unspecified atom stereocenters. The van der Waals surface area contributed by atoms with Crippen LogP contribution in [-0.4, -0.2) is 34.0 Å². The van der Waals surface area contributed by atoms with Gasteiger partial charge in [0, 0.05) is 12.7 Å². The van der Waals surface area contributed by atoms with Crippen molar-refractivity contribution in [3.63, 3.8) is 0 Å². The fraction of sp³-hybridized carbons (Fsp3) is 0.294. The number of likely N-dealkylation sites (N-methyl/N-ethyl adjacent to an activating group) is 1. The lowest BCUT2D eigenvalue weighted by molar-refractivity contribution is 0.0634. The first-order valence-corrected chi connectivity index (χ1v) is 7.54. The molecule has 2 rings (SSSR count). The van der Waals surface area contributed by atoms with Crippen LogP contribution in [0.4, 0.5) is 0 Å². The van der Waals surface area contributed by atoms with Gasteiger partial charge in [-0.15, -0.1) is 0 Å². The van der Waals surface area contributed by atoms with Crippen molar-refractivity contribution >= 4 is 17.5 Å². The van der Waals surface area contributed by atoms with E-state index in [1.165, 1.54) is 6.20 Å². The SMILES string of the molecule is CCN(CC(O)c1ccc(C)cc1)C(=O)c1ccc(Cl)nc1. The van der Waals surface area contributed by atoms with Gasteiger partial charge in [-0.05, 0) is 31.5 Å². The number of aryl methyl sites for hydroxylation is 1. The highest BCUT2D eigenvalue weighted by Gasteiger charge is 2.19. The van der Waals surface area contributed by atoms with E-state index in [-0.39, 0.29) is 12.5 Å². The molecular weight excluding hydrogens is 300 g/mol. The molecule has 1 atom stereocenters. The van der Waals surface area contributed by atoms with Crippen molar-refractivity contribution in [1.29, 1.82) is 0 Å². The number of amides is 1. The van der Waals surface area contributed by atoms with E-state index in [2.05, 4.69) is 4.98 Å². The van der Waals surface area contributed by atoms with Crippen LogP contribution in [0, 0.1) is 6.92 Å². The highest BCUT2D eigenvalue weighted by Crippen LogP contribution is 2.17. The summed E-state index contributed by atoms with van der Waals surface area (Å²) in [5.74, 6) is -0.169. The van der Waals surface area contributed by atoms with Crippen LogP contribution in [0.1, 0.15) is 34.5 Å². The van der Waals surface area contributed by atoms with Crippen molar-refractivity contribution in [3.05, 3.63) is 64.4 Å². The fourth-order valence-electron chi connectivity index (χ4n) is 2.14. The molecule has 0 aliphatic rings. The van der Waals surface area contributed by atoms with E-state index in [1.807, 2.05) is 38.1 Å². The number of nitrogens with zero attached hydrogens (tertiary/aromatic N) is 2. The number of hydrogen-bond acceptors (Lipinski definition) is 3. The molecule has 0 fully saturated rings. The summed E-state index contributed by atoms with van der Waals surface area (Å²) in [7, 11) is 0. The number of rotatable bonds is 5. The Hall–Kier alpha value is -1.91. The van der Waals surface area contributed by atoms with Gasteiger partial charge in [-0.25, -0.2) is 4.98 Å². The maximum atomic E-state index is 12.4. The zero-order chi connectivity index (χ0) is 16.1. The number of carbonyl (C=O) groups is 1. The highest BCUT2D eigenvalue weighted by molar-refractivity contribution is 6.29. The quantitative estimate of drug-likeness (QED) is 0.861. The number of aliphatic hydroxyl groups is 1. The standard InChI is InChI=1S/C17H19ClN2O2/c1-3-20(17(22)14-8-9-16(18)19-10-14)11-15(21)13-6-4-12(2)5-7-13/h4-10,15,21H,3,11H2,1-2H3. The van der Waals surface area contributed by atoms with Crippen LogP contribution in [0.5, 0.6) is 0 Å². The second-order valence-corrected chi connectivity index (χ2v) is 5.53. The number of aliphatic hydroxyl groups excluding tert-OH is 1. The van der Waals surface area contributed by atoms with Gasteiger partial charge in [0.05, 0.1) is 18.2 Å². The van der Waals surface area contributed by atoms with E-state index in [9.17, 15) is 9.90 Å². The molecule has 1 heterocycles. The molecule has 5 heteroatoms. The van der Waals surface area contributed by atoms with Crippen molar-refractivity contribution < 1.29 is 9.90 Å². The van der Waals surface area contributed by atoms with Gasteiger partial charge in [0.25, 0.3) is 5.91 Å². The van der Waals surface area contributed by atoms with Gasteiger partial charge >= 0.3 is 0 Å². The van der Waals surface area contributed by atoms with Gasteiger partial charge in [-0.2, -0.15) is 0 Å². The van der Waals surface area contributed by atoms with E-state index in [4.69, 9.17) is 11.6 Å². The Morgan fingerprint density at radius 1 is 1.27 bits per heavy atom. The van der Waals surface area contributed by atoms with Gasteiger partial charge in [0.1, 0.15) is 5.15 Å². The first-order valence-electron chi connectivity index (χ1n) is 7.16. The Balaban J connectivity index is 2.09. The lowest BCUT2D eigenvalue weighted by Gasteiger charge is -2.24. The van der Waals surface area contributed by atoms with Gasteiger partial charge in [0.2, 0.25) is 0 Å². The molecule has 1 aromatic carbocycles. The van der Waals surface area contributed by atoms with E-state index in [0.29, 0.717) is 17.3 Å². The molecule has 2 aromatic rings. The third-order valence-electron chi connectivity index (χ3n) is 3.50. The maximum absolute atomic E-state index is 12.4. The van der Waals surface area contributed by atoms with Crippen LogP contribution >= 0.6 is 11.6 Å². The molecule has 1 aromatic heterocycles. The van der Waals surface area contributed by atoms with E-state index in [1.54, 1.807) is 17.0 Å². The summed E-state index contributed by atoms with van der Waals surface area (Å²) in [4.78, 5) is 18.0. The van der Waals surface area contributed by atoms with Crippen LogP contribution in [0.2, 0.25) is 5.15 Å². The molecule has 0 bridgehead atoms. The number of halogens is 1. The average molecular weight is 319 g/mol. The van der Waals surface area contributed by atoms with Gasteiger partial charge in [0.15, 0.2) is 0 Å². The normalized spacial score (nSPS) is 12.0. The molecular formula is C17H19ClN2O2. The zero-order valence-electron chi connectivity index (χ0n) is 12.7. The Morgan fingerprint density at radius 2 is 1.95 bits per heavy atom. The third-order valence-corrected chi connectivity index (χ3v) is 3.72. The Kier molecular flexibility index (Phi) is 5.52. The zero-order valence-corrected chi connectivity index (χ0v) is 13.4. The molecule has 0 aliphatic heterocycles. The van der Waals surface area contributed by atoms with Crippen molar-refractivity contribution in [2.24, 2.45) is 0 Å². The maximum Gasteiger partial charge on any atom is 0.255 e. The number of pyridine rings is 1. The van der Waals surface area contributed by atoms with Crippen LogP contribution in [0.25, 0.3) is 0 Å². The molecule has 0 saturated carbocycles. The number of hydrogen-bond donors (Lipinski definition) is 1. The number of benzene rings is 1. The van der Waals surface area contributed by atoms with Crippen LogP contribution < -0.4 is 0 Å². The third kappa shape index (κ3) is 4.06. The van der Waals surface area contributed by atoms with Crippen molar-refractivity contribution in [3.8, 4) is 0 Å². The Morgan fingerprint density at radius 3 is 2.50 bits per heavy atom. The minimum absolute atomic E-state index is 0.169.